The van der Waals surface area contributed by atoms with E-state index in [2.05, 4.69) is 11.6 Å². The van der Waals surface area contributed by atoms with Gasteiger partial charge in [-0.1, -0.05) is 6.92 Å². The Bertz CT molecular complexity index is 143. The number of hydrogen-bond acceptors (Lipinski definition) is 3. The van der Waals surface area contributed by atoms with E-state index >= 15 is 0 Å². The van der Waals surface area contributed by atoms with Crippen molar-refractivity contribution >= 4 is 11.8 Å². The summed E-state index contributed by atoms with van der Waals surface area (Å²) in [5.41, 5.74) is 0. The molecule has 78 valence electrons. The molecule has 0 aromatic carbocycles. The topological polar surface area (TPSA) is 32.3 Å². The predicted octanol–water partition coefficient (Wildman–Crippen LogP) is 1.63. The van der Waals surface area contributed by atoms with Crippen molar-refractivity contribution in [2.75, 3.05) is 12.8 Å². The molecule has 1 aliphatic rings. The lowest BCUT2D eigenvalue weighted by molar-refractivity contribution is 0.163. The van der Waals surface area contributed by atoms with Gasteiger partial charge in [-0.25, -0.2) is 0 Å². The summed E-state index contributed by atoms with van der Waals surface area (Å²) in [6, 6.07) is 0.652. The molecule has 0 bridgehead atoms. The highest BCUT2D eigenvalue weighted by Crippen LogP contribution is 2.27. The molecule has 0 saturated heterocycles. The molecule has 0 aliphatic heterocycles. The maximum atomic E-state index is 9.37. The average Bonchev–Trinajstić information content (AvgIpc) is 2.61. The van der Waals surface area contributed by atoms with Crippen LogP contribution in [-0.4, -0.2) is 35.3 Å². The van der Waals surface area contributed by atoms with E-state index in [1.807, 2.05) is 18.7 Å². The Morgan fingerprint density at radius 2 is 2.31 bits per heavy atom. The summed E-state index contributed by atoms with van der Waals surface area (Å²) in [5, 5.41) is 13.7. The Labute approximate surface area is 85.5 Å². The van der Waals surface area contributed by atoms with Crippen LogP contribution in [0.1, 0.15) is 32.6 Å². The third-order valence-electron chi connectivity index (χ3n) is 2.83. The smallest absolute Gasteiger partial charge is 0.0662 e. The fourth-order valence-corrected chi connectivity index (χ4v) is 2.58. The van der Waals surface area contributed by atoms with E-state index in [1.165, 1.54) is 19.3 Å². The Kier molecular flexibility index (Phi) is 5.14. The minimum absolute atomic E-state index is 0.159. The van der Waals surface area contributed by atoms with Crippen molar-refractivity contribution in [2.24, 2.45) is 0 Å². The summed E-state index contributed by atoms with van der Waals surface area (Å²) in [4.78, 5) is 0. The van der Waals surface area contributed by atoms with Crippen molar-refractivity contribution in [1.82, 2.24) is 5.32 Å². The molecule has 3 atom stereocenters. The van der Waals surface area contributed by atoms with Gasteiger partial charge in [-0.05, 0) is 31.9 Å². The van der Waals surface area contributed by atoms with Crippen LogP contribution in [0.2, 0.25) is 0 Å². The van der Waals surface area contributed by atoms with Crippen LogP contribution < -0.4 is 5.32 Å². The first-order valence-corrected chi connectivity index (χ1v) is 6.49. The van der Waals surface area contributed by atoms with E-state index in [0.29, 0.717) is 6.04 Å². The van der Waals surface area contributed by atoms with Gasteiger partial charge < -0.3 is 10.4 Å². The highest BCUT2D eigenvalue weighted by atomic mass is 32.2. The largest absolute Gasteiger partial charge is 0.392 e. The Morgan fingerprint density at radius 1 is 1.54 bits per heavy atom. The van der Waals surface area contributed by atoms with Crippen molar-refractivity contribution in [1.29, 1.82) is 0 Å². The molecular formula is C10H21NOS. The monoisotopic (exact) mass is 203 g/mol. The molecule has 3 unspecified atom stereocenters. The standard InChI is InChI=1S/C10H21NOS/c1-3-9(12)7-11-8-4-5-10(6-8)13-2/h8-12H,3-7H2,1-2H3. The van der Waals surface area contributed by atoms with Crippen LogP contribution in [-0.2, 0) is 0 Å². The third kappa shape index (κ3) is 3.88. The van der Waals surface area contributed by atoms with Crippen LogP contribution in [0, 0.1) is 0 Å². The van der Waals surface area contributed by atoms with E-state index in [4.69, 9.17) is 0 Å². The average molecular weight is 203 g/mol. The molecule has 1 saturated carbocycles. The first-order chi connectivity index (χ1) is 6.26. The van der Waals surface area contributed by atoms with E-state index in [-0.39, 0.29) is 6.10 Å². The van der Waals surface area contributed by atoms with E-state index in [0.717, 1.165) is 18.2 Å². The van der Waals surface area contributed by atoms with Crippen molar-refractivity contribution in [2.45, 2.75) is 50.0 Å². The van der Waals surface area contributed by atoms with Gasteiger partial charge in [0.25, 0.3) is 0 Å². The van der Waals surface area contributed by atoms with Crippen molar-refractivity contribution < 1.29 is 5.11 Å². The molecule has 0 amide bonds. The van der Waals surface area contributed by atoms with Crippen LogP contribution in [0.4, 0.5) is 0 Å². The number of rotatable bonds is 5. The van der Waals surface area contributed by atoms with E-state index in [9.17, 15) is 5.11 Å². The lowest BCUT2D eigenvalue weighted by Crippen LogP contribution is -2.33. The fraction of sp³-hybridized carbons (Fsp3) is 1.00. The maximum absolute atomic E-state index is 9.37. The zero-order valence-corrected chi connectivity index (χ0v) is 9.44. The van der Waals surface area contributed by atoms with Gasteiger partial charge in [0.15, 0.2) is 0 Å². The summed E-state index contributed by atoms with van der Waals surface area (Å²) < 4.78 is 0. The Hall–Kier alpha value is 0.270. The fourth-order valence-electron chi connectivity index (χ4n) is 1.79. The number of thioether (sulfide) groups is 1. The number of nitrogens with one attached hydrogen (secondary N) is 1. The molecule has 1 aliphatic carbocycles. The molecule has 3 heteroatoms. The molecule has 2 nitrogen and oxygen atoms in total. The van der Waals surface area contributed by atoms with Crippen LogP contribution in [0.3, 0.4) is 0 Å². The van der Waals surface area contributed by atoms with E-state index < -0.39 is 0 Å². The predicted molar refractivity (Wildman–Crippen MR) is 59.2 cm³/mol. The highest BCUT2D eigenvalue weighted by Gasteiger charge is 2.23. The van der Waals surface area contributed by atoms with Gasteiger partial charge in [0, 0.05) is 17.8 Å². The lowest BCUT2D eigenvalue weighted by Gasteiger charge is -2.15. The molecule has 0 heterocycles. The van der Waals surface area contributed by atoms with Gasteiger partial charge in [0.1, 0.15) is 0 Å². The van der Waals surface area contributed by atoms with Gasteiger partial charge >= 0.3 is 0 Å². The Balaban J connectivity index is 2.10. The quantitative estimate of drug-likeness (QED) is 0.712. The van der Waals surface area contributed by atoms with Gasteiger partial charge in [-0.3, -0.25) is 0 Å². The maximum Gasteiger partial charge on any atom is 0.0662 e. The Morgan fingerprint density at radius 3 is 2.85 bits per heavy atom. The normalized spacial score (nSPS) is 30.7. The molecule has 0 radical (unpaired) electrons. The molecule has 1 rings (SSSR count). The molecule has 1 fully saturated rings. The van der Waals surface area contributed by atoms with Crippen molar-refractivity contribution in [3.63, 3.8) is 0 Å². The molecule has 0 aromatic rings. The second kappa shape index (κ2) is 5.89. The number of aliphatic hydroxyl groups excluding tert-OH is 1. The highest BCUT2D eigenvalue weighted by molar-refractivity contribution is 7.99. The minimum Gasteiger partial charge on any atom is -0.392 e. The molecule has 2 N–H and O–H groups in total. The third-order valence-corrected chi connectivity index (χ3v) is 3.93. The minimum atomic E-state index is -0.159. The SMILES string of the molecule is CCC(O)CNC1CCC(SC)C1. The van der Waals surface area contributed by atoms with Crippen LogP contribution in [0.15, 0.2) is 0 Å². The zero-order chi connectivity index (χ0) is 9.68. The van der Waals surface area contributed by atoms with Crippen molar-refractivity contribution in [3.8, 4) is 0 Å². The lowest BCUT2D eigenvalue weighted by atomic mass is 10.2. The first-order valence-electron chi connectivity index (χ1n) is 5.20. The summed E-state index contributed by atoms with van der Waals surface area (Å²) in [6.45, 7) is 2.79. The van der Waals surface area contributed by atoms with Gasteiger partial charge in [0.2, 0.25) is 0 Å². The van der Waals surface area contributed by atoms with Crippen LogP contribution >= 0.6 is 11.8 Å². The summed E-state index contributed by atoms with van der Waals surface area (Å²) in [6.07, 6.45) is 6.77. The van der Waals surface area contributed by atoms with Crippen LogP contribution in [0.5, 0.6) is 0 Å². The molecule has 13 heavy (non-hydrogen) atoms. The second-order valence-corrected chi connectivity index (χ2v) is 4.98. The van der Waals surface area contributed by atoms with E-state index in [1.54, 1.807) is 0 Å². The molecular weight excluding hydrogens is 182 g/mol. The number of hydrogen-bond donors (Lipinski definition) is 2. The zero-order valence-electron chi connectivity index (χ0n) is 8.62. The van der Waals surface area contributed by atoms with Gasteiger partial charge in [0.05, 0.1) is 6.10 Å². The molecule has 0 aromatic heterocycles. The van der Waals surface area contributed by atoms with Crippen LogP contribution in [0.25, 0.3) is 0 Å². The van der Waals surface area contributed by atoms with Gasteiger partial charge in [-0.15, -0.1) is 0 Å². The molecule has 0 spiro atoms. The number of aliphatic hydroxyl groups is 1. The van der Waals surface area contributed by atoms with Gasteiger partial charge in [-0.2, -0.15) is 11.8 Å². The summed E-state index contributed by atoms with van der Waals surface area (Å²) >= 11 is 1.97. The first kappa shape index (κ1) is 11.3. The summed E-state index contributed by atoms with van der Waals surface area (Å²) in [5.74, 6) is 0. The second-order valence-electron chi connectivity index (χ2n) is 3.84. The summed E-state index contributed by atoms with van der Waals surface area (Å²) in [7, 11) is 0. The van der Waals surface area contributed by atoms with Crippen molar-refractivity contribution in [3.05, 3.63) is 0 Å².